The Hall–Kier alpha value is -0.590. The van der Waals surface area contributed by atoms with Crippen molar-refractivity contribution in [2.24, 2.45) is 0 Å². The summed E-state index contributed by atoms with van der Waals surface area (Å²) < 4.78 is 0.603. The van der Waals surface area contributed by atoms with Gasteiger partial charge >= 0.3 is 87.3 Å². The van der Waals surface area contributed by atoms with Gasteiger partial charge in [-0.05, 0) is 0 Å². The molecule has 0 fully saturated rings. The standard InChI is InChI=1S/C9H11NO2Te/c1-7(13-2)8-3-5-9(6-4-8)10(11)12/h3-7H,1-2H3. The molecule has 13 heavy (non-hydrogen) atoms. The van der Waals surface area contributed by atoms with Gasteiger partial charge < -0.3 is 0 Å². The number of non-ortho nitro benzene ring substituents is 1. The van der Waals surface area contributed by atoms with Crippen molar-refractivity contribution in [3.8, 4) is 0 Å². The van der Waals surface area contributed by atoms with Gasteiger partial charge in [0.2, 0.25) is 0 Å². The molecule has 0 radical (unpaired) electrons. The third-order valence-corrected chi connectivity index (χ3v) is 4.72. The van der Waals surface area contributed by atoms with Crippen LogP contribution in [0.2, 0.25) is 4.97 Å². The molecule has 0 aliphatic rings. The molecule has 1 rings (SSSR count). The van der Waals surface area contributed by atoms with Gasteiger partial charge in [0.1, 0.15) is 0 Å². The van der Waals surface area contributed by atoms with E-state index in [2.05, 4.69) is 11.9 Å². The summed E-state index contributed by atoms with van der Waals surface area (Å²) in [5.41, 5.74) is 1.39. The molecule has 3 nitrogen and oxygen atoms in total. The predicted molar refractivity (Wildman–Crippen MR) is 53.1 cm³/mol. The fourth-order valence-electron chi connectivity index (χ4n) is 1.00. The second kappa shape index (κ2) is 4.59. The molecule has 0 saturated carbocycles. The van der Waals surface area contributed by atoms with Crippen LogP contribution in [0.15, 0.2) is 24.3 Å². The minimum absolute atomic E-state index is 0.00992. The first kappa shape index (κ1) is 10.5. The maximum absolute atomic E-state index is 10.4. The van der Waals surface area contributed by atoms with Crippen molar-refractivity contribution < 1.29 is 4.92 Å². The summed E-state index contributed by atoms with van der Waals surface area (Å²) in [5, 5.41) is 10.4. The average molecular weight is 293 g/mol. The Balaban J connectivity index is 2.87. The molecule has 0 amide bonds. The Morgan fingerprint density at radius 1 is 1.38 bits per heavy atom. The fourth-order valence-corrected chi connectivity index (χ4v) is 2.23. The Kier molecular flexibility index (Phi) is 3.70. The second-order valence-corrected chi connectivity index (χ2v) is 6.09. The summed E-state index contributed by atoms with van der Waals surface area (Å²) in [7, 11) is 0. The van der Waals surface area contributed by atoms with Gasteiger partial charge in [-0.3, -0.25) is 0 Å². The summed E-state index contributed by atoms with van der Waals surface area (Å²) in [6.45, 7) is 2.17. The molecule has 70 valence electrons. The maximum atomic E-state index is 10.4. The van der Waals surface area contributed by atoms with Crippen LogP contribution in [0.25, 0.3) is 0 Å². The van der Waals surface area contributed by atoms with Crippen LogP contribution in [-0.2, 0) is 0 Å². The topological polar surface area (TPSA) is 43.1 Å². The van der Waals surface area contributed by atoms with Crippen molar-refractivity contribution in [1.82, 2.24) is 0 Å². The van der Waals surface area contributed by atoms with Crippen LogP contribution in [0.5, 0.6) is 0 Å². The molecular formula is C9H11NO2Te. The van der Waals surface area contributed by atoms with E-state index in [1.807, 2.05) is 12.1 Å². The van der Waals surface area contributed by atoms with Gasteiger partial charge in [0, 0.05) is 0 Å². The molecule has 1 atom stereocenters. The second-order valence-electron chi connectivity index (χ2n) is 2.73. The van der Waals surface area contributed by atoms with Crippen molar-refractivity contribution in [2.75, 3.05) is 0 Å². The van der Waals surface area contributed by atoms with Crippen LogP contribution in [0.1, 0.15) is 16.5 Å². The molecule has 1 aromatic carbocycles. The number of nitrogens with zero attached hydrogens (tertiary/aromatic N) is 1. The van der Waals surface area contributed by atoms with E-state index in [4.69, 9.17) is 0 Å². The van der Waals surface area contributed by atoms with Gasteiger partial charge in [-0.1, -0.05) is 0 Å². The van der Waals surface area contributed by atoms with Crippen LogP contribution >= 0.6 is 0 Å². The van der Waals surface area contributed by atoms with E-state index < -0.39 is 0 Å². The van der Waals surface area contributed by atoms with E-state index in [9.17, 15) is 10.1 Å². The first-order valence-corrected chi connectivity index (χ1v) is 7.60. The van der Waals surface area contributed by atoms with E-state index in [0.29, 0.717) is 3.97 Å². The number of hydrogen-bond donors (Lipinski definition) is 0. The Morgan fingerprint density at radius 3 is 2.31 bits per heavy atom. The number of nitro groups is 1. The molecule has 4 heteroatoms. The van der Waals surface area contributed by atoms with Crippen LogP contribution in [0, 0.1) is 10.1 Å². The fraction of sp³-hybridized carbons (Fsp3) is 0.333. The molecule has 0 aromatic heterocycles. The quantitative estimate of drug-likeness (QED) is 0.488. The zero-order valence-electron chi connectivity index (χ0n) is 7.56. The van der Waals surface area contributed by atoms with Crippen molar-refractivity contribution in [1.29, 1.82) is 0 Å². The summed E-state index contributed by atoms with van der Waals surface area (Å²) >= 11 is 0.00992. The first-order valence-electron chi connectivity index (χ1n) is 3.92. The molecule has 0 aliphatic heterocycles. The van der Waals surface area contributed by atoms with Crippen molar-refractivity contribution in [2.45, 2.75) is 15.9 Å². The number of hydrogen-bond acceptors (Lipinski definition) is 2. The molecule has 0 spiro atoms. The van der Waals surface area contributed by atoms with E-state index in [1.165, 1.54) is 5.56 Å². The summed E-state index contributed by atoms with van der Waals surface area (Å²) in [6.07, 6.45) is 0. The normalized spacial score (nSPS) is 12.5. The monoisotopic (exact) mass is 295 g/mol. The van der Waals surface area contributed by atoms with Crippen LogP contribution in [0.4, 0.5) is 5.69 Å². The number of rotatable bonds is 3. The van der Waals surface area contributed by atoms with Crippen LogP contribution in [0.3, 0.4) is 0 Å². The van der Waals surface area contributed by atoms with Gasteiger partial charge in [-0.25, -0.2) is 0 Å². The Bertz CT molecular complexity index is 297. The van der Waals surface area contributed by atoms with Crippen molar-refractivity contribution >= 4 is 26.6 Å². The Morgan fingerprint density at radius 2 is 1.92 bits per heavy atom. The van der Waals surface area contributed by atoms with E-state index >= 15 is 0 Å². The first-order chi connectivity index (χ1) is 6.15. The molecule has 1 unspecified atom stereocenters. The number of benzene rings is 1. The molecule has 0 saturated heterocycles. The predicted octanol–water partition coefficient (Wildman–Crippen LogP) is 2.41. The molecule has 0 aliphatic carbocycles. The van der Waals surface area contributed by atoms with Gasteiger partial charge in [0.15, 0.2) is 0 Å². The molecule has 0 heterocycles. The van der Waals surface area contributed by atoms with E-state index in [-0.39, 0.29) is 31.5 Å². The summed E-state index contributed by atoms with van der Waals surface area (Å²) in [5.74, 6) is 0. The third kappa shape index (κ3) is 2.68. The molecular weight excluding hydrogens is 282 g/mol. The summed E-state index contributed by atoms with van der Waals surface area (Å²) in [6, 6.07) is 6.87. The molecule has 1 aromatic rings. The minimum atomic E-state index is -0.364. The third-order valence-electron chi connectivity index (χ3n) is 1.93. The molecule has 0 N–H and O–H groups in total. The average Bonchev–Trinajstić information content (AvgIpc) is 2.17. The van der Waals surface area contributed by atoms with Gasteiger partial charge in [-0.2, -0.15) is 0 Å². The van der Waals surface area contributed by atoms with Crippen molar-refractivity contribution in [3.05, 3.63) is 39.9 Å². The van der Waals surface area contributed by atoms with Gasteiger partial charge in [0.25, 0.3) is 0 Å². The molecule has 0 bridgehead atoms. The Labute approximate surface area is 87.4 Å². The van der Waals surface area contributed by atoms with Crippen LogP contribution < -0.4 is 0 Å². The zero-order valence-corrected chi connectivity index (χ0v) is 9.89. The van der Waals surface area contributed by atoms with Crippen molar-refractivity contribution in [3.63, 3.8) is 0 Å². The van der Waals surface area contributed by atoms with Gasteiger partial charge in [-0.15, -0.1) is 0 Å². The van der Waals surface area contributed by atoms with Gasteiger partial charge in [0.05, 0.1) is 0 Å². The number of nitro benzene ring substituents is 1. The SMILES string of the molecule is C[Te]C(C)c1ccc([N+](=O)[O-])cc1. The van der Waals surface area contributed by atoms with E-state index in [0.717, 1.165) is 0 Å². The summed E-state index contributed by atoms with van der Waals surface area (Å²) in [4.78, 5) is 12.2. The zero-order chi connectivity index (χ0) is 9.84. The van der Waals surface area contributed by atoms with E-state index in [1.54, 1.807) is 12.1 Å². The van der Waals surface area contributed by atoms with Crippen LogP contribution in [-0.4, -0.2) is 25.8 Å².